The molecule has 1 aromatic rings. The molecule has 2 heterocycles. The first-order valence-electron chi connectivity index (χ1n) is 3.03. The molecule has 59 valence electrons. The highest BCUT2D eigenvalue weighted by atomic mass is 16.4. The number of rotatable bonds is 1. The van der Waals surface area contributed by atoms with Crippen LogP contribution in [0.15, 0.2) is 25.5 Å². The lowest BCUT2D eigenvalue weighted by Crippen LogP contribution is -2.04. The molecular weight excluding hydrogens is 162 g/mol. The van der Waals surface area contributed by atoms with Crippen molar-refractivity contribution in [3.8, 4) is 0 Å². The van der Waals surface area contributed by atoms with Gasteiger partial charge >= 0.3 is 11.8 Å². The average Bonchev–Trinajstić information content (AvgIpc) is 2.58. The predicted octanol–water partition coefficient (Wildman–Crippen LogP) is -0.162. The Bertz CT molecular complexity index is 437. The fraction of sp³-hybridized carbons (Fsp3) is 0. The van der Waals surface area contributed by atoms with Crippen molar-refractivity contribution in [2.75, 3.05) is 0 Å². The molecule has 12 heavy (non-hydrogen) atoms. The molecule has 0 aromatic carbocycles. The molecule has 1 aliphatic heterocycles. The van der Waals surface area contributed by atoms with E-state index in [0.29, 0.717) is 5.69 Å². The number of amides is 2. The maximum absolute atomic E-state index is 10.5. The quantitative estimate of drug-likeness (QED) is 0.625. The van der Waals surface area contributed by atoms with Crippen LogP contribution >= 0.6 is 0 Å². The second kappa shape index (κ2) is 2.26. The van der Waals surface area contributed by atoms with Crippen LogP contribution in [-0.4, -0.2) is 22.9 Å². The van der Waals surface area contributed by atoms with Gasteiger partial charge in [0.25, 0.3) is 0 Å². The van der Waals surface area contributed by atoms with Crippen LogP contribution in [0.4, 0.5) is 4.79 Å². The summed E-state index contributed by atoms with van der Waals surface area (Å²) in [6.07, 6.45) is 3.49. The van der Waals surface area contributed by atoms with E-state index in [0.717, 1.165) is 6.26 Å². The zero-order valence-electron chi connectivity index (χ0n) is 5.70. The number of aliphatic imine (C=N–C) groups is 2. The largest absolute Gasteiger partial charge is 0.416 e. The van der Waals surface area contributed by atoms with E-state index in [1.807, 2.05) is 0 Å². The fourth-order valence-electron chi connectivity index (χ4n) is 0.763. The van der Waals surface area contributed by atoms with Crippen molar-refractivity contribution in [2.45, 2.75) is 0 Å². The Hall–Kier alpha value is -1.98. The summed E-state index contributed by atoms with van der Waals surface area (Å²) in [5.41, 5.74) is 0.487. The number of nitrogens with zero attached hydrogens (tertiary/aromatic N) is 2. The monoisotopic (exact) mass is 164 g/mol. The molecule has 0 spiro atoms. The van der Waals surface area contributed by atoms with E-state index in [1.54, 1.807) is 0 Å². The van der Waals surface area contributed by atoms with Crippen LogP contribution in [0.1, 0.15) is 5.69 Å². The molecule has 2 amide bonds. The summed E-state index contributed by atoms with van der Waals surface area (Å²) in [4.78, 5) is 30.0. The summed E-state index contributed by atoms with van der Waals surface area (Å²) in [5, 5.41) is 0. The second-order valence-corrected chi connectivity index (χ2v) is 2.03. The zero-order valence-corrected chi connectivity index (χ0v) is 5.70. The fourth-order valence-corrected chi connectivity index (χ4v) is 0.763. The highest BCUT2D eigenvalue weighted by molar-refractivity contribution is 6.43. The lowest BCUT2D eigenvalue weighted by molar-refractivity contribution is 0.257. The molecular formula is C6H2N3O3. The van der Waals surface area contributed by atoms with Crippen molar-refractivity contribution in [1.82, 2.24) is 4.98 Å². The molecule has 6 heteroatoms. The van der Waals surface area contributed by atoms with Crippen molar-refractivity contribution in [2.24, 2.45) is 9.98 Å². The first-order valence-corrected chi connectivity index (χ1v) is 3.03. The summed E-state index contributed by atoms with van der Waals surface area (Å²) in [6.45, 7) is 0. The number of carbonyl (C=O) groups excluding carboxylic acids is 1. The van der Waals surface area contributed by atoms with Crippen LogP contribution in [-0.2, 0) is 0 Å². The Labute approximate surface area is 65.6 Å². The number of aromatic nitrogens is 1. The highest BCUT2D eigenvalue weighted by Crippen LogP contribution is 2.00. The molecule has 1 N–H and O–H groups in total. The van der Waals surface area contributed by atoms with E-state index < -0.39 is 11.8 Å². The van der Waals surface area contributed by atoms with E-state index in [1.165, 1.54) is 0 Å². The Morgan fingerprint density at radius 3 is 2.83 bits per heavy atom. The molecule has 0 unspecified atom stereocenters. The summed E-state index contributed by atoms with van der Waals surface area (Å²) < 4.78 is 4.43. The van der Waals surface area contributed by atoms with Crippen LogP contribution in [0, 0.1) is 0 Å². The maximum Gasteiger partial charge on any atom is 0.416 e. The van der Waals surface area contributed by atoms with Crippen molar-refractivity contribution in [3.05, 3.63) is 22.5 Å². The molecule has 1 aromatic heterocycles. The van der Waals surface area contributed by atoms with E-state index in [9.17, 15) is 9.59 Å². The maximum atomic E-state index is 10.5. The Morgan fingerprint density at radius 1 is 1.50 bits per heavy atom. The van der Waals surface area contributed by atoms with Gasteiger partial charge in [-0.3, -0.25) is 4.98 Å². The number of aromatic amines is 1. The molecule has 0 fully saturated rings. The number of hydrogen-bond donors (Lipinski definition) is 1. The summed E-state index contributed by atoms with van der Waals surface area (Å²) >= 11 is 0. The highest BCUT2D eigenvalue weighted by Gasteiger charge is 2.13. The van der Waals surface area contributed by atoms with Crippen molar-refractivity contribution < 1.29 is 9.21 Å². The minimum atomic E-state index is -0.632. The summed E-state index contributed by atoms with van der Waals surface area (Å²) in [7, 11) is 0. The third-order valence-electron chi connectivity index (χ3n) is 1.24. The van der Waals surface area contributed by atoms with Gasteiger partial charge in [0.15, 0.2) is 0 Å². The molecule has 6 nitrogen and oxygen atoms in total. The molecule has 1 aliphatic rings. The van der Waals surface area contributed by atoms with Crippen molar-refractivity contribution >= 4 is 18.0 Å². The molecule has 0 bridgehead atoms. The van der Waals surface area contributed by atoms with Crippen LogP contribution in [0.2, 0.25) is 0 Å². The summed E-state index contributed by atoms with van der Waals surface area (Å²) in [5.74, 6) is -0.603. The van der Waals surface area contributed by atoms with Crippen LogP contribution < -0.4 is 5.76 Å². The Morgan fingerprint density at radius 2 is 2.33 bits per heavy atom. The van der Waals surface area contributed by atoms with Gasteiger partial charge < -0.3 is 4.42 Å². The number of urea groups is 1. The minimum absolute atomic E-state index is 0.186. The van der Waals surface area contributed by atoms with Gasteiger partial charge in [0, 0.05) is 0 Å². The third-order valence-corrected chi connectivity index (χ3v) is 1.24. The standard InChI is InChI=1S/C6H2N3O3/c10-5-7-1-3(8-5)4-2-12-6(11)9-4/h2H,(H,9,11). The van der Waals surface area contributed by atoms with E-state index in [2.05, 4.69) is 25.6 Å². The van der Waals surface area contributed by atoms with Gasteiger partial charge in [0.1, 0.15) is 23.9 Å². The van der Waals surface area contributed by atoms with Gasteiger partial charge in [0.2, 0.25) is 0 Å². The lowest BCUT2D eigenvalue weighted by atomic mass is 10.3. The number of H-pyrrole nitrogens is 1. The van der Waals surface area contributed by atoms with Gasteiger partial charge in [-0.2, -0.15) is 9.98 Å². The molecule has 1 radical (unpaired) electrons. The first kappa shape index (κ1) is 6.71. The SMILES string of the molecule is O=C1N=[C]C(c2coc(=O)[nH]2)=N1. The molecule has 0 atom stereocenters. The van der Waals surface area contributed by atoms with Gasteiger partial charge in [0.05, 0.1) is 0 Å². The molecule has 0 saturated heterocycles. The summed E-state index contributed by atoms with van der Waals surface area (Å²) in [6, 6.07) is -0.632. The van der Waals surface area contributed by atoms with Gasteiger partial charge in [-0.05, 0) is 0 Å². The van der Waals surface area contributed by atoms with E-state index in [4.69, 9.17) is 0 Å². The van der Waals surface area contributed by atoms with Crippen molar-refractivity contribution in [3.63, 3.8) is 0 Å². The number of hydrogen-bond acceptors (Lipinski definition) is 3. The lowest BCUT2D eigenvalue weighted by Gasteiger charge is -1.82. The van der Waals surface area contributed by atoms with E-state index >= 15 is 0 Å². The number of nitrogens with one attached hydrogen (secondary N) is 1. The zero-order chi connectivity index (χ0) is 8.55. The minimum Gasteiger partial charge on any atom is -0.416 e. The van der Waals surface area contributed by atoms with Crippen molar-refractivity contribution in [1.29, 1.82) is 0 Å². The topological polar surface area (TPSA) is 87.8 Å². The van der Waals surface area contributed by atoms with Crippen LogP contribution in [0.3, 0.4) is 0 Å². The van der Waals surface area contributed by atoms with Gasteiger partial charge in [-0.1, -0.05) is 0 Å². The van der Waals surface area contributed by atoms with E-state index in [-0.39, 0.29) is 5.71 Å². The van der Waals surface area contributed by atoms with Crippen LogP contribution in [0.25, 0.3) is 0 Å². The third kappa shape index (κ3) is 0.986. The molecule has 2 rings (SSSR count). The molecule has 0 aliphatic carbocycles. The average molecular weight is 164 g/mol. The van der Waals surface area contributed by atoms with Gasteiger partial charge in [-0.25, -0.2) is 9.59 Å². The Balaban J connectivity index is 2.45. The van der Waals surface area contributed by atoms with Crippen LogP contribution in [0.5, 0.6) is 0 Å². The first-order chi connectivity index (χ1) is 5.75. The number of oxazole rings is 1. The van der Waals surface area contributed by atoms with Gasteiger partial charge in [-0.15, -0.1) is 0 Å². The second-order valence-electron chi connectivity index (χ2n) is 2.03. The number of carbonyl (C=O) groups is 1. The molecule has 0 saturated carbocycles. The smallest absolute Gasteiger partial charge is 0.416 e. The normalized spacial score (nSPS) is 15.3. The predicted molar refractivity (Wildman–Crippen MR) is 38.7 cm³/mol. The Kier molecular flexibility index (Phi) is 1.26.